The topological polar surface area (TPSA) is 86.1 Å². The maximum Gasteiger partial charge on any atom is 0.342 e. The van der Waals surface area contributed by atoms with Crippen LogP contribution in [0.1, 0.15) is 27.2 Å². The molecule has 138 valence electrons. The van der Waals surface area contributed by atoms with Crippen LogP contribution in [0.3, 0.4) is 0 Å². The van der Waals surface area contributed by atoms with Gasteiger partial charge in [0.05, 0.1) is 11.9 Å². The zero-order chi connectivity index (χ0) is 19.4. The van der Waals surface area contributed by atoms with Crippen molar-refractivity contribution in [1.82, 2.24) is 14.8 Å². The van der Waals surface area contributed by atoms with Gasteiger partial charge in [0.25, 0.3) is 5.91 Å². The van der Waals surface area contributed by atoms with E-state index in [0.717, 1.165) is 11.1 Å². The van der Waals surface area contributed by atoms with Crippen LogP contribution < -0.4 is 5.32 Å². The number of nitrogens with zero attached hydrogens (tertiary/aromatic N) is 3. The fraction of sp³-hybridized carbons (Fsp3) is 0.200. The van der Waals surface area contributed by atoms with Gasteiger partial charge in [-0.3, -0.25) is 4.79 Å². The molecule has 27 heavy (non-hydrogen) atoms. The Labute approximate surface area is 157 Å². The summed E-state index contributed by atoms with van der Waals surface area (Å²) in [5.74, 6) is -0.403. The summed E-state index contributed by atoms with van der Waals surface area (Å²) in [6, 6.07) is 11.0. The SMILES string of the molecule is Cc1cccc(NC(=O)COC(=O)c2cnn(-c3ccccn3)c2C)c1C. The first-order valence-electron chi connectivity index (χ1n) is 8.46. The molecule has 0 atom stereocenters. The van der Waals surface area contributed by atoms with E-state index >= 15 is 0 Å². The third-order valence-electron chi connectivity index (χ3n) is 4.31. The van der Waals surface area contributed by atoms with Crippen molar-refractivity contribution >= 4 is 17.6 Å². The second-order valence-electron chi connectivity index (χ2n) is 6.12. The number of ether oxygens (including phenoxy) is 1. The molecule has 3 rings (SSSR count). The smallest absolute Gasteiger partial charge is 0.342 e. The molecule has 0 saturated carbocycles. The monoisotopic (exact) mass is 364 g/mol. The summed E-state index contributed by atoms with van der Waals surface area (Å²) >= 11 is 0. The maximum absolute atomic E-state index is 12.3. The average molecular weight is 364 g/mol. The summed E-state index contributed by atoms with van der Waals surface area (Å²) in [4.78, 5) is 28.6. The van der Waals surface area contributed by atoms with Crippen LogP contribution in [0.25, 0.3) is 5.82 Å². The lowest BCUT2D eigenvalue weighted by Crippen LogP contribution is -2.21. The van der Waals surface area contributed by atoms with E-state index in [-0.39, 0.29) is 6.61 Å². The van der Waals surface area contributed by atoms with E-state index in [1.54, 1.807) is 29.9 Å². The summed E-state index contributed by atoms with van der Waals surface area (Å²) in [5, 5.41) is 6.93. The average Bonchev–Trinajstić information content (AvgIpc) is 3.06. The summed E-state index contributed by atoms with van der Waals surface area (Å²) < 4.78 is 6.69. The summed E-state index contributed by atoms with van der Waals surface area (Å²) in [5.41, 5.74) is 3.64. The number of aromatic nitrogens is 3. The summed E-state index contributed by atoms with van der Waals surface area (Å²) in [7, 11) is 0. The minimum Gasteiger partial charge on any atom is -0.452 e. The highest BCUT2D eigenvalue weighted by molar-refractivity contribution is 5.96. The molecule has 1 aromatic carbocycles. The Morgan fingerprint density at radius 3 is 2.67 bits per heavy atom. The van der Waals surface area contributed by atoms with Gasteiger partial charge in [-0.05, 0) is 50.1 Å². The molecule has 0 saturated heterocycles. The van der Waals surface area contributed by atoms with Crippen molar-refractivity contribution in [3.63, 3.8) is 0 Å². The van der Waals surface area contributed by atoms with Gasteiger partial charge in [0.2, 0.25) is 0 Å². The molecule has 0 unspecified atom stereocenters. The molecule has 0 aliphatic carbocycles. The van der Waals surface area contributed by atoms with Crippen molar-refractivity contribution in [2.24, 2.45) is 0 Å². The Morgan fingerprint density at radius 2 is 1.93 bits per heavy atom. The van der Waals surface area contributed by atoms with Crippen molar-refractivity contribution in [1.29, 1.82) is 0 Å². The van der Waals surface area contributed by atoms with Gasteiger partial charge in [-0.25, -0.2) is 14.5 Å². The van der Waals surface area contributed by atoms with Gasteiger partial charge < -0.3 is 10.1 Å². The van der Waals surface area contributed by atoms with E-state index in [1.807, 2.05) is 38.1 Å². The molecule has 1 N–H and O–H groups in total. The number of nitrogens with one attached hydrogen (secondary N) is 1. The van der Waals surface area contributed by atoms with Gasteiger partial charge in [0.15, 0.2) is 12.4 Å². The molecule has 0 bridgehead atoms. The van der Waals surface area contributed by atoms with Crippen molar-refractivity contribution in [2.75, 3.05) is 11.9 Å². The number of rotatable bonds is 5. The second kappa shape index (κ2) is 7.82. The highest BCUT2D eigenvalue weighted by Gasteiger charge is 2.18. The Hall–Kier alpha value is -3.48. The molecular weight excluding hydrogens is 344 g/mol. The molecule has 3 aromatic rings. The second-order valence-corrected chi connectivity index (χ2v) is 6.12. The number of carbonyl (C=O) groups is 2. The first-order chi connectivity index (χ1) is 13.0. The number of carbonyl (C=O) groups excluding carboxylic acids is 2. The van der Waals surface area contributed by atoms with Crippen molar-refractivity contribution in [3.05, 3.63) is 71.2 Å². The molecule has 0 spiro atoms. The zero-order valence-electron chi connectivity index (χ0n) is 15.4. The van der Waals surface area contributed by atoms with Gasteiger partial charge >= 0.3 is 5.97 Å². The number of esters is 1. The molecular formula is C20H20N4O3. The number of hydrogen-bond acceptors (Lipinski definition) is 5. The lowest BCUT2D eigenvalue weighted by molar-refractivity contribution is -0.119. The standard InChI is InChI=1S/C20H20N4O3/c1-13-7-6-8-17(14(13)2)23-19(25)12-27-20(26)16-11-22-24(15(16)3)18-9-4-5-10-21-18/h4-11H,12H2,1-3H3,(H,23,25). The lowest BCUT2D eigenvalue weighted by Gasteiger charge is -2.10. The number of hydrogen-bond donors (Lipinski definition) is 1. The molecule has 1 amide bonds. The predicted octanol–water partition coefficient (Wildman–Crippen LogP) is 2.99. The molecule has 0 aliphatic rings. The Morgan fingerprint density at radius 1 is 1.11 bits per heavy atom. The molecule has 2 aromatic heterocycles. The van der Waals surface area contributed by atoms with Crippen LogP contribution in [-0.4, -0.2) is 33.2 Å². The fourth-order valence-electron chi connectivity index (χ4n) is 2.60. The largest absolute Gasteiger partial charge is 0.452 e. The highest BCUT2D eigenvalue weighted by atomic mass is 16.5. The third-order valence-corrected chi connectivity index (χ3v) is 4.31. The fourth-order valence-corrected chi connectivity index (χ4v) is 2.60. The summed E-state index contributed by atoms with van der Waals surface area (Å²) in [6.45, 7) is 5.26. The quantitative estimate of drug-likeness (QED) is 0.704. The molecule has 7 nitrogen and oxygen atoms in total. The van der Waals surface area contributed by atoms with Gasteiger partial charge in [0.1, 0.15) is 5.56 Å². The van der Waals surface area contributed by atoms with Gasteiger partial charge in [-0.1, -0.05) is 18.2 Å². The van der Waals surface area contributed by atoms with Crippen molar-refractivity contribution in [2.45, 2.75) is 20.8 Å². The number of anilines is 1. The lowest BCUT2D eigenvalue weighted by atomic mass is 10.1. The van der Waals surface area contributed by atoms with E-state index in [1.165, 1.54) is 6.20 Å². The number of benzene rings is 1. The normalized spacial score (nSPS) is 10.5. The number of amides is 1. The third kappa shape index (κ3) is 4.03. The predicted molar refractivity (Wildman–Crippen MR) is 101 cm³/mol. The van der Waals surface area contributed by atoms with Crippen LogP contribution in [-0.2, 0) is 9.53 Å². The minimum atomic E-state index is -0.606. The van der Waals surface area contributed by atoms with Crippen LogP contribution in [0.15, 0.2) is 48.8 Å². The van der Waals surface area contributed by atoms with Gasteiger partial charge in [-0.15, -0.1) is 0 Å². The first kappa shape index (κ1) is 18.3. The van der Waals surface area contributed by atoms with Crippen molar-refractivity contribution in [3.8, 4) is 5.82 Å². The minimum absolute atomic E-state index is 0.292. The molecule has 0 aliphatic heterocycles. The van der Waals surface area contributed by atoms with Crippen LogP contribution in [0.5, 0.6) is 0 Å². The molecule has 0 fully saturated rings. The van der Waals surface area contributed by atoms with Gasteiger partial charge in [0, 0.05) is 11.9 Å². The van der Waals surface area contributed by atoms with Crippen LogP contribution in [0, 0.1) is 20.8 Å². The number of pyridine rings is 1. The summed E-state index contributed by atoms with van der Waals surface area (Å²) in [6.07, 6.45) is 3.06. The van der Waals surface area contributed by atoms with E-state index in [0.29, 0.717) is 22.8 Å². The van der Waals surface area contributed by atoms with Crippen molar-refractivity contribution < 1.29 is 14.3 Å². The first-order valence-corrected chi connectivity index (χ1v) is 8.46. The molecule has 0 radical (unpaired) electrons. The number of aryl methyl sites for hydroxylation is 1. The van der Waals surface area contributed by atoms with Crippen LogP contribution in [0.4, 0.5) is 5.69 Å². The van der Waals surface area contributed by atoms with Gasteiger partial charge in [-0.2, -0.15) is 5.10 Å². The Balaban J connectivity index is 1.64. The molecule has 7 heteroatoms. The van der Waals surface area contributed by atoms with E-state index in [2.05, 4.69) is 15.4 Å². The molecule has 2 heterocycles. The van der Waals surface area contributed by atoms with E-state index < -0.39 is 11.9 Å². The van der Waals surface area contributed by atoms with E-state index in [9.17, 15) is 9.59 Å². The zero-order valence-corrected chi connectivity index (χ0v) is 15.4. The Kier molecular flexibility index (Phi) is 5.30. The van der Waals surface area contributed by atoms with Crippen LogP contribution in [0.2, 0.25) is 0 Å². The highest BCUT2D eigenvalue weighted by Crippen LogP contribution is 2.18. The Bertz CT molecular complexity index is 980. The maximum atomic E-state index is 12.3. The van der Waals surface area contributed by atoms with Crippen LogP contribution >= 0.6 is 0 Å². The van der Waals surface area contributed by atoms with E-state index in [4.69, 9.17) is 4.74 Å².